The molecule has 1 aromatic rings. The Kier molecular flexibility index (Phi) is 5.21. The summed E-state index contributed by atoms with van der Waals surface area (Å²) in [5.74, 6) is -2.17. The van der Waals surface area contributed by atoms with Crippen LogP contribution >= 0.6 is 0 Å². The molecule has 0 radical (unpaired) electrons. The third-order valence-corrected chi connectivity index (χ3v) is 2.58. The summed E-state index contributed by atoms with van der Waals surface area (Å²) < 4.78 is 1.38. The normalized spacial score (nSPS) is 11.9. The Bertz CT molecular complexity index is 524. The van der Waals surface area contributed by atoms with Crippen molar-refractivity contribution in [2.75, 3.05) is 6.61 Å². The lowest BCUT2D eigenvalue weighted by Crippen LogP contribution is -2.43. The van der Waals surface area contributed by atoms with Crippen molar-refractivity contribution in [1.82, 2.24) is 9.88 Å². The van der Waals surface area contributed by atoms with E-state index in [-0.39, 0.29) is 11.4 Å². The summed E-state index contributed by atoms with van der Waals surface area (Å²) in [4.78, 5) is 32.7. The fourth-order valence-electron chi connectivity index (χ4n) is 1.63. The molecule has 0 aliphatic rings. The fourth-order valence-corrected chi connectivity index (χ4v) is 1.63. The number of nitro groups is 1. The maximum absolute atomic E-state index is 11.9. The molecule has 0 spiro atoms. The maximum Gasteiger partial charge on any atom is 0.328 e. The molecule has 0 saturated heterocycles. The predicted octanol–water partition coefficient (Wildman–Crippen LogP) is -0.0184. The topological polar surface area (TPSA) is 135 Å². The molecular formula is C11H15N3O6. The van der Waals surface area contributed by atoms with Crippen LogP contribution in [-0.2, 0) is 11.3 Å². The van der Waals surface area contributed by atoms with Gasteiger partial charge in [-0.25, -0.2) is 4.79 Å². The largest absolute Gasteiger partial charge is 0.480 e. The number of aliphatic hydroxyl groups excluding tert-OH is 1. The molecule has 1 amide bonds. The highest BCUT2D eigenvalue weighted by Crippen LogP contribution is 2.17. The summed E-state index contributed by atoms with van der Waals surface area (Å²) in [6, 6.07) is -0.382. The number of carboxylic acids is 1. The second-order valence-electron chi connectivity index (χ2n) is 4.08. The van der Waals surface area contributed by atoms with E-state index in [0.717, 1.165) is 6.07 Å². The molecule has 0 fully saturated rings. The quantitative estimate of drug-likeness (QED) is 0.476. The Morgan fingerprint density at radius 1 is 1.55 bits per heavy atom. The summed E-state index contributed by atoms with van der Waals surface area (Å²) >= 11 is 0. The lowest BCUT2D eigenvalue weighted by atomic mass is 10.3. The number of carbonyl (C=O) groups excluding carboxylic acids is 1. The number of aliphatic hydroxyl groups is 1. The van der Waals surface area contributed by atoms with Crippen molar-refractivity contribution in [1.29, 1.82) is 0 Å². The molecule has 0 aromatic carbocycles. The van der Waals surface area contributed by atoms with Gasteiger partial charge < -0.3 is 20.1 Å². The highest BCUT2D eigenvalue weighted by atomic mass is 16.6. The number of hydrogen-bond donors (Lipinski definition) is 3. The van der Waals surface area contributed by atoms with E-state index in [9.17, 15) is 19.7 Å². The van der Waals surface area contributed by atoms with E-state index in [1.54, 1.807) is 0 Å². The first-order chi connectivity index (χ1) is 9.40. The number of carbonyl (C=O) groups is 2. The molecule has 9 nitrogen and oxygen atoms in total. The summed E-state index contributed by atoms with van der Waals surface area (Å²) in [6.07, 6.45) is 1.86. The van der Waals surface area contributed by atoms with Gasteiger partial charge in [0.15, 0.2) is 6.04 Å². The maximum atomic E-state index is 11.9. The van der Waals surface area contributed by atoms with Crippen molar-refractivity contribution < 1.29 is 24.7 Å². The van der Waals surface area contributed by atoms with Gasteiger partial charge in [-0.3, -0.25) is 14.9 Å². The van der Waals surface area contributed by atoms with E-state index in [4.69, 9.17) is 10.2 Å². The Morgan fingerprint density at radius 3 is 2.65 bits per heavy atom. The highest BCUT2D eigenvalue weighted by Gasteiger charge is 2.24. The summed E-state index contributed by atoms with van der Waals surface area (Å²) in [5.41, 5.74) is -0.266. The lowest BCUT2D eigenvalue weighted by Gasteiger charge is -2.12. The van der Waals surface area contributed by atoms with Gasteiger partial charge in [0.1, 0.15) is 5.69 Å². The second kappa shape index (κ2) is 6.66. The van der Waals surface area contributed by atoms with Crippen LogP contribution in [0.4, 0.5) is 5.69 Å². The van der Waals surface area contributed by atoms with Gasteiger partial charge in [0, 0.05) is 12.6 Å². The van der Waals surface area contributed by atoms with E-state index < -0.39 is 29.4 Å². The zero-order chi connectivity index (χ0) is 15.3. The Hall–Kier alpha value is -2.42. The predicted molar refractivity (Wildman–Crippen MR) is 67.4 cm³/mol. The van der Waals surface area contributed by atoms with Crippen LogP contribution < -0.4 is 5.32 Å². The second-order valence-corrected chi connectivity index (χ2v) is 4.08. The van der Waals surface area contributed by atoms with Crippen LogP contribution in [0.2, 0.25) is 0 Å². The van der Waals surface area contributed by atoms with Crippen LogP contribution in [0, 0.1) is 10.1 Å². The number of nitrogens with zero attached hydrogens (tertiary/aromatic N) is 2. The smallest absolute Gasteiger partial charge is 0.328 e. The summed E-state index contributed by atoms with van der Waals surface area (Å²) in [6.45, 7) is 1.45. The number of aromatic nitrogens is 1. The molecule has 20 heavy (non-hydrogen) atoms. The van der Waals surface area contributed by atoms with Crippen molar-refractivity contribution in [2.24, 2.45) is 0 Å². The summed E-state index contributed by atoms with van der Waals surface area (Å²) in [5, 5.41) is 30.4. The van der Waals surface area contributed by atoms with E-state index in [0.29, 0.717) is 13.0 Å². The van der Waals surface area contributed by atoms with Gasteiger partial charge in [-0.1, -0.05) is 6.92 Å². The first-order valence-corrected chi connectivity index (χ1v) is 5.89. The van der Waals surface area contributed by atoms with E-state index in [2.05, 4.69) is 5.32 Å². The van der Waals surface area contributed by atoms with Crippen LogP contribution in [0.15, 0.2) is 12.3 Å². The Morgan fingerprint density at radius 2 is 2.20 bits per heavy atom. The van der Waals surface area contributed by atoms with Crippen molar-refractivity contribution in [3.63, 3.8) is 0 Å². The summed E-state index contributed by atoms with van der Waals surface area (Å²) in [7, 11) is 0. The molecular weight excluding hydrogens is 270 g/mol. The number of aryl methyl sites for hydroxylation is 1. The Balaban J connectivity index is 3.01. The number of nitrogens with one attached hydrogen (secondary N) is 1. The van der Waals surface area contributed by atoms with Gasteiger partial charge >= 0.3 is 5.97 Å². The standard InChI is InChI=1S/C11H15N3O6/c1-2-3-13-5-7(14(19)20)4-9(13)10(16)12-8(6-15)11(17)18/h4-5,8,15H,2-3,6H2,1H3,(H,12,16)(H,17,18)/t8-/m1/s1. The van der Waals surface area contributed by atoms with Gasteiger partial charge in [-0.15, -0.1) is 0 Å². The van der Waals surface area contributed by atoms with E-state index in [1.807, 2.05) is 6.92 Å². The first kappa shape index (κ1) is 15.6. The van der Waals surface area contributed by atoms with Gasteiger partial charge in [0.25, 0.3) is 11.6 Å². The number of carboxylic acid groups (broad SMARTS) is 1. The number of hydrogen-bond acceptors (Lipinski definition) is 5. The molecule has 0 aliphatic heterocycles. The fraction of sp³-hybridized carbons (Fsp3) is 0.455. The molecule has 0 bridgehead atoms. The lowest BCUT2D eigenvalue weighted by molar-refractivity contribution is -0.384. The average molecular weight is 285 g/mol. The molecule has 1 heterocycles. The molecule has 9 heteroatoms. The first-order valence-electron chi connectivity index (χ1n) is 5.89. The van der Waals surface area contributed by atoms with Gasteiger partial charge in [0.2, 0.25) is 0 Å². The van der Waals surface area contributed by atoms with Gasteiger partial charge in [-0.2, -0.15) is 0 Å². The monoisotopic (exact) mass is 285 g/mol. The highest BCUT2D eigenvalue weighted by molar-refractivity contribution is 5.96. The van der Waals surface area contributed by atoms with Gasteiger partial charge in [-0.05, 0) is 6.42 Å². The third-order valence-electron chi connectivity index (χ3n) is 2.58. The Labute approximate surface area is 114 Å². The van der Waals surface area contributed by atoms with Crippen molar-refractivity contribution in [3.05, 3.63) is 28.1 Å². The molecule has 110 valence electrons. The number of aliphatic carboxylic acids is 1. The van der Waals surface area contributed by atoms with Crippen LogP contribution in [0.3, 0.4) is 0 Å². The van der Waals surface area contributed by atoms with Crippen LogP contribution in [0.5, 0.6) is 0 Å². The van der Waals surface area contributed by atoms with E-state index >= 15 is 0 Å². The minimum Gasteiger partial charge on any atom is -0.480 e. The minimum atomic E-state index is -1.45. The third kappa shape index (κ3) is 3.54. The SMILES string of the molecule is CCCn1cc([N+](=O)[O-])cc1C(=O)N[C@H](CO)C(=O)O. The van der Waals surface area contributed by atoms with Crippen molar-refractivity contribution >= 4 is 17.6 Å². The van der Waals surface area contributed by atoms with E-state index in [1.165, 1.54) is 10.8 Å². The minimum absolute atomic E-state index is 0.0155. The molecule has 0 aliphatic carbocycles. The van der Waals surface area contributed by atoms with Gasteiger partial charge in [0.05, 0.1) is 17.7 Å². The number of rotatable bonds is 7. The molecule has 1 aromatic heterocycles. The van der Waals surface area contributed by atoms with Crippen molar-refractivity contribution in [3.8, 4) is 0 Å². The van der Waals surface area contributed by atoms with Crippen LogP contribution in [0.1, 0.15) is 23.8 Å². The zero-order valence-corrected chi connectivity index (χ0v) is 10.8. The van der Waals surface area contributed by atoms with Crippen LogP contribution in [0.25, 0.3) is 0 Å². The average Bonchev–Trinajstić information content (AvgIpc) is 2.80. The van der Waals surface area contributed by atoms with Crippen molar-refractivity contribution in [2.45, 2.75) is 25.9 Å². The molecule has 3 N–H and O–H groups in total. The number of amides is 1. The molecule has 1 atom stereocenters. The molecule has 1 rings (SSSR count). The van der Waals surface area contributed by atoms with Crippen LogP contribution in [-0.4, -0.2) is 44.2 Å². The molecule has 0 saturated carbocycles. The molecule has 0 unspecified atom stereocenters. The zero-order valence-electron chi connectivity index (χ0n) is 10.8.